The summed E-state index contributed by atoms with van der Waals surface area (Å²) in [5.74, 6) is -0.0467. The summed E-state index contributed by atoms with van der Waals surface area (Å²) in [6.45, 7) is 0. The molecule has 0 bridgehead atoms. The number of aromatic nitrogens is 3. The Bertz CT molecular complexity index is 458. The Balaban J connectivity index is 2.43. The normalized spacial score (nSPS) is 25.6. The van der Waals surface area contributed by atoms with Gasteiger partial charge >= 0.3 is 11.4 Å². The van der Waals surface area contributed by atoms with Gasteiger partial charge in [-0.15, -0.1) is 0 Å². The monoisotopic (exact) mass is 228 g/mol. The quantitative estimate of drug-likeness (QED) is 0.594. The predicted octanol–water partition coefficient (Wildman–Crippen LogP) is -0.508. The SMILES string of the molecule is NC(=S)C1CCCC1n1c(=O)[nH][nH]c1=O. The van der Waals surface area contributed by atoms with Gasteiger partial charge in [-0.1, -0.05) is 18.6 Å². The number of H-pyrrole nitrogens is 2. The fraction of sp³-hybridized carbons (Fsp3) is 0.625. The Morgan fingerprint density at radius 2 is 1.93 bits per heavy atom. The molecular formula is C8H12N4O2S. The maximum Gasteiger partial charge on any atom is 0.344 e. The average molecular weight is 228 g/mol. The Labute approximate surface area is 90.5 Å². The molecule has 0 aliphatic heterocycles. The zero-order valence-corrected chi connectivity index (χ0v) is 8.84. The standard InChI is InChI=1S/C8H12N4O2S/c9-6(15)4-2-1-3-5(4)12-7(13)10-11-8(12)14/h4-5H,1-3H2,(H2,9,15)(H,10,13)(H,11,14). The molecule has 1 aromatic heterocycles. The van der Waals surface area contributed by atoms with Crippen LogP contribution >= 0.6 is 12.2 Å². The number of hydrogen-bond donors (Lipinski definition) is 3. The van der Waals surface area contributed by atoms with Crippen molar-refractivity contribution in [2.45, 2.75) is 25.3 Å². The van der Waals surface area contributed by atoms with Gasteiger partial charge in [-0.25, -0.2) is 24.4 Å². The molecule has 1 aromatic rings. The summed E-state index contributed by atoms with van der Waals surface area (Å²) >= 11 is 4.93. The Hall–Kier alpha value is -1.37. The summed E-state index contributed by atoms with van der Waals surface area (Å²) in [6, 6.07) is -0.190. The molecule has 82 valence electrons. The van der Waals surface area contributed by atoms with Gasteiger partial charge in [0.25, 0.3) is 0 Å². The van der Waals surface area contributed by atoms with Crippen molar-refractivity contribution < 1.29 is 0 Å². The summed E-state index contributed by atoms with van der Waals surface area (Å²) < 4.78 is 1.18. The third kappa shape index (κ3) is 1.63. The first-order chi connectivity index (χ1) is 7.11. The molecule has 1 saturated carbocycles. The molecule has 7 heteroatoms. The first kappa shape index (κ1) is 10.2. The highest BCUT2D eigenvalue weighted by atomic mass is 32.1. The van der Waals surface area contributed by atoms with Crippen molar-refractivity contribution in [1.82, 2.24) is 14.8 Å². The van der Waals surface area contributed by atoms with Crippen LogP contribution in [0.15, 0.2) is 9.59 Å². The van der Waals surface area contributed by atoms with Gasteiger partial charge in [-0.3, -0.25) is 0 Å². The number of nitrogens with two attached hydrogens (primary N) is 1. The highest BCUT2D eigenvalue weighted by Gasteiger charge is 2.32. The topological polar surface area (TPSA) is 96.7 Å². The number of thiocarbonyl (C=S) groups is 1. The number of nitrogens with zero attached hydrogens (tertiary/aromatic N) is 1. The van der Waals surface area contributed by atoms with E-state index in [0.717, 1.165) is 19.3 Å². The third-order valence-corrected chi connectivity index (χ3v) is 3.19. The summed E-state index contributed by atoms with van der Waals surface area (Å²) in [4.78, 5) is 23.2. The second-order valence-electron chi connectivity index (χ2n) is 3.74. The second kappa shape index (κ2) is 3.65. The highest BCUT2D eigenvalue weighted by molar-refractivity contribution is 7.80. The van der Waals surface area contributed by atoms with E-state index >= 15 is 0 Å². The van der Waals surface area contributed by atoms with Crippen LogP contribution in [0.1, 0.15) is 25.3 Å². The molecule has 0 aromatic carbocycles. The molecular weight excluding hydrogens is 216 g/mol. The first-order valence-electron chi connectivity index (χ1n) is 4.79. The van der Waals surface area contributed by atoms with Crippen LogP contribution in [-0.2, 0) is 0 Å². The number of aromatic amines is 2. The fourth-order valence-electron chi connectivity index (χ4n) is 2.20. The highest BCUT2D eigenvalue weighted by Crippen LogP contribution is 2.34. The molecule has 0 amide bonds. The Kier molecular flexibility index (Phi) is 2.47. The van der Waals surface area contributed by atoms with E-state index in [0.29, 0.717) is 4.99 Å². The minimum Gasteiger partial charge on any atom is -0.393 e. The molecule has 0 radical (unpaired) electrons. The maximum absolute atomic E-state index is 11.4. The zero-order chi connectivity index (χ0) is 11.0. The van der Waals surface area contributed by atoms with Crippen LogP contribution in [-0.4, -0.2) is 19.8 Å². The fourth-order valence-corrected chi connectivity index (χ4v) is 2.48. The van der Waals surface area contributed by atoms with E-state index in [1.807, 2.05) is 0 Å². The Morgan fingerprint density at radius 1 is 1.33 bits per heavy atom. The molecule has 1 fully saturated rings. The van der Waals surface area contributed by atoms with Crippen molar-refractivity contribution in [3.63, 3.8) is 0 Å². The lowest BCUT2D eigenvalue weighted by Crippen LogP contribution is -2.36. The maximum atomic E-state index is 11.4. The van der Waals surface area contributed by atoms with Crippen LogP contribution in [0.5, 0.6) is 0 Å². The average Bonchev–Trinajstić information content (AvgIpc) is 2.73. The van der Waals surface area contributed by atoms with Gasteiger partial charge in [-0.2, -0.15) is 0 Å². The van der Waals surface area contributed by atoms with Crippen molar-refractivity contribution >= 4 is 17.2 Å². The molecule has 4 N–H and O–H groups in total. The van der Waals surface area contributed by atoms with Gasteiger partial charge < -0.3 is 5.73 Å². The molecule has 15 heavy (non-hydrogen) atoms. The molecule has 2 rings (SSSR count). The number of nitrogens with one attached hydrogen (secondary N) is 2. The molecule has 0 spiro atoms. The van der Waals surface area contributed by atoms with E-state index in [9.17, 15) is 9.59 Å². The minimum atomic E-state index is -0.423. The van der Waals surface area contributed by atoms with Crippen LogP contribution in [0.2, 0.25) is 0 Å². The summed E-state index contributed by atoms with van der Waals surface area (Å²) in [7, 11) is 0. The van der Waals surface area contributed by atoms with Crippen molar-refractivity contribution in [2.75, 3.05) is 0 Å². The van der Waals surface area contributed by atoms with Gasteiger partial charge in [0.1, 0.15) is 0 Å². The number of hydrogen-bond acceptors (Lipinski definition) is 3. The van der Waals surface area contributed by atoms with E-state index in [-0.39, 0.29) is 12.0 Å². The van der Waals surface area contributed by atoms with Crippen LogP contribution in [0.25, 0.3) is 0 Å². The molecule has 6 nitrogen and oxygen atoms in total. The van der Waals surface area contributed by atoms with Crippen LogP contribution < -0.4 is 17.1 Å². The summed E-state index contributed by atoms with van der Waals surface area (Å²) in [5, 5.41) is 4.52. The molecule has 2 atom stereocenters. The van der Waals surface area contributed by atoms with E-state index < -0.39 is 11.4 Å². The van der Waals surface area contributed by atoms with Gasteiger partial charge in [-0.05, 0) is 12.8 Å². The molecule has 2 unspecified atom stereocenters. The third-order valence-electron chi connectivity index (χ3n) is 2.89. The summed E-state index contributed by atoms with van der Waals surface area (Å²) in [5.41, 5.74) is 4.74. The van der Waals surface area contributed by atoms with E-state index in [1.165, 1.54) is 4.57 Å². The summed E-state index contributed by atoms with van der Waals surface area (Å²) in [6.07, 6.45) is 2.55. The van der Waals surface area contributed by atoms with Gasteiger partial charge in [0, 0.05) is 5.92 Å². The Morgan fingerprint density at radius 3 is 2.47 bits per heavy atom. The van der Waals surface area contributed by atoms with Crippen LogP contribution in [0, 0.1) is 5.92 Å². The molecule has 1 aliphatic carbocycles. The number of rotatable bonds is 2. The van der Waals surface area contributed by atoms with Crippen molar-refractivity contribution in [2.24, 2.45) is 11.7 Å². The van der Waals surface area contributed by atoms with Crippen molar-refractivity contribution in [1.29, 1.82) is 0 Å². The predicted molar refractivity (Wildman–Crippen MR) is 58.8 cm³/mol. The van der Waals surface area contributed by atoms with E-state index in [4.69, 9.17) is 18.0 Å². The first-order valence-corrected chi connectivity index (χ1v) is 5.20. The molecule has 0 saturated heterocycles. The lowest BCUT2D eigenvalue weighted by Gasteiger charge is -2.17. The molecule has 1 heterocycles. The zero-order valence-electron chi connectivity index (χ0n) is 8.03. The van der Waals surface area contributed by atoms with Gasteiger partial charge in [0.15, 0.2) is 0 Å². The smallest absolute Gasteiger partial charge is 0.344 e. The van der Waals surface area contributed by atoms with Gasteiger partial charge in [0.2, 0.25) is 0 Å². The van der Waals surface area contributed by atoms with Crippen LogP contribution in [0.3, 0.4) is 0 Å². The van der Waals surface area contributed by atoms with E-state index in [1.54, 1.807) is 0 Å². The molecule has 1 aliphatic rings. The van der Waals surface area contributed by atoms with Crippen molar-refractivity contribution in [3.8, 4) is 0 Å². The van der Waals surface area contributed by atoms with Crippen LogP contribution in [0.4, 0.5) is 0 Å². The van der Waals surface area contributed by atoms with E-state index in [2.05, 4.69) is 10.2 Å². The van der Waals surface area contributed by atoms with Crippen molar-refractivity contribution in [3.05, 3.63) is 21.0 Å². The lowest BCUT2D eigenvalue weighted by molar-refractivity contribution is 0.439. The largest absolute Gasteiger partial charge is 0.393 e. The lowest BCUT2D eigenvalue weighted by atomic mass is 10.0. The minimum absolute atomic E-state index is 0.0467. The van der Waals surface area contributed by atoms with Gasteiger partial charge in [0.05, 0.1) is 11.0 Å². The second-order valence-corrected chi connectivity index (χ2v) is 4.21.